The molecule has 25 heavy (non-hydrogen) atoms. The molecular formula is C20H22N2O3. The van der Waals surface area contributed by atoms with Crippen molar-refractivity contribution in [2.45, 2.75) is 32.9 Å². The molecule has 0 heterocycles. The minimum absolute atomic E-state index is 0.214. The molecule has 5 heteroatoms. The van der Waals surface area contributed by atoms with Gasteiger partial charge in [-0.1, -0.05) is 17.7 Å². The fraction of sp³-hybridized carbons (Fsp3) is 0.300. The lowest BCUT2D eigenvalue weighted by atomic mass is 10.0. The summed E-state index contributed by atoms with van der Waals surface area (Å²) in [6, 6.07) is 14.3. The molecule has 2 aromatic rings. The van der Waals surface area contributed by atoms with Crippen LogP contribution in [0.2, 0.25) is 0 Å². The van der Waals surface area contributed by atoms with Crippen LogP contribution in [0.4, 0.5) is 0 Å². The molecule has 1 N–H and O–H groups in total. The van der Waals surface area contributed by atoms with Gasteiger partial charge in [-0.15, -0.1) is 0 Å². The van der Waals surface area contributed by atoms with Crippen molar-refractivity contribution in [2.75, 3.05) is 7.11 Å². The maximum atomic E-state index is 12.4. The zero-order valence-electron chi connectivity index (χ0n) is 14.9. The first-order valence-corrected chi connectivity index (χ1v) is 8.06. The molecule has 2 aromatic carbocycles. The normalized spacial score (nSPS) is 12.6. The second-order valence-corrected chi connectivity index (χ2v) is 5.87. The lowest BCUT2D eigenvalue weighted by Crippen LogP contribution is -2.37. The molecule has 0 radical (unpaired) electrons. The Kier molecular flexibility index (Phi) is 6.02. The van der Waals surface area contributed by atoms with Gasteiger partial charge in [0.1, 0.15) is 11.5 Å². The Bertz CT molecular complexity index is 779. The van der Waals surface area contributed by atoms with E-state index in [0.717, 1.165) is 16.9 Å². The summed E-state index contributed by atoms with van der Waals surface area (Å²) < 4.78 is 11.0. The maximum Gasteiger partial charge on any atom is 0.261 e. The second kappa shape index (κ2) is 8.20. The van der Waals surface area contributed by atoms with Crippen molar-refractivity contribution in [3.63, 3.8) is 0 Å². The predicted molar refractivity (Wildman–Crippen MR) is 95.5 cm³/mol. The van der Waals surface area contributed by atoms with Crippen molar-refractivity contribution < 1.29 is 14.3 Å². The van der Waals surface area contributed by atoms with Gasteiger partial charge in [0.05, 0.1) is 24.8 Å². The van der Waals surface area contributed by atoms with Gasteiger partial charge in [0.25, 0.3) is 5.91 Å². The minimum Gasteiger partial charge on any atom is -0.496 e. The molecule has 0 fully saturated rings. The third-order valence-corrected chi connectivity index (χ3v) is 3.88. The molecule has 0 spiro atoms. The number of ether oxygens (including phenoxy) is 2. The van der Waals surface area contributed by atoms with Crippen LogP contribution in [-0.4, -0.2) is 19.1 Å². The van der Waals surface area contributed by atoms with Crippen LogP contribution in [0.3, 0.4) is 0 Å². The molecule has 2 rings (SSSR count). The highest BCUT2D eigenvalue weighted by Crippen LogP contribution is 2.26. The van der Waals surface area contributed by atoms with E-state index in [1.807, 2.05) is 38.1 Å². The van der Waals surface area contributed by atoms with E-state index in [4.69, 9.17) is 14.7 Å². The van der Waals surface area contributed by atoms with Crippen molar-refractivity contribution in [2.24, 2.45) is 0 Å². The largest absolute Gasteiger partial charge is 0.496 e. The number of benzene rings is 2. The number of hydrogen-bond donors (Lipinski definition) is 1. The summed E-state index contributed by atoms with van der Waals surface area (Å²) in [5, 5.41) is 11.7. The first-order chi connectivity index (χ1) is 11.9. The van der Waals surface area contributed by atoms with Gasteiger partial charge in [-0.05, 0) is 51.1 Å². The highest BCUT2D eigenvalue weighted by atomic mass is 16.5. The van der Waals surface area contributed by atoms with Gasteiger partial charge in [-0.25, -0.2) is 0 Å². The number of nitrogens with one attached hydrogen (secondary N) is 1. The molecule has 130 valence electrons. The van der Waals surface area contributed by atoms with E-state index in [2.05, 4.69) is 5.32 Å². The van der Waals surface area contributed by atoms with Gasteiger partial charge in [0.15, 0.2) is 6.10 Å². The third kappa shape index (κ3) is 4.74. The molecule has 0 aliphatic carbocycles. The summed E-state index contributed by atoms with van der Waals surface area (Å²) >= 11 is 0. The predicted octanol–water partition coefficient (Wildman–Crippen LogP) is 3.52. The van der Waals surface area contributed by atoms with Crippen molar-refractivity contribution in [3.8, 4) is 17.6 Å². The fourth-order valence-corrected chi connectivity index (χ4v) is 2.47. The van der Waals surface area contributed by atoms with Crippen molar-refractivity contribution in [1.82, 2.24) is 5.32 Å². The van der Waals surface area contributed by atoms with Gasteiger partial charge < -0.3 is 14.8 Å². The first-order valence-electron chi connectivity index (χ1n) is 8.06. The quantitative estimate of drug-likeness (QED) is 0.875. The standard InChI is InChI=1S/C20H22N2O3/c1-13-5-10-19(24-4)18(11-13)14(2)22-20(23)15(3)25-17-8-6-16(12-21)7-9-17/h5-11,14-15H,1-4H3,(H,22,23). The second-order valence-electron chi connectivity index (χ2n) is 5.87. The molecule has 1 amide bonds. The van der Waals surface area contributed by atoms with E-state index < -0.39 is 6.10 Å². The Hall–Kier alpha value is -3.00. The maximum absolute atomic E-state index is 12.4. The molecule has 0 aliphatic rings. The molecule has 2 atom stereocenters. The van der Waals surface area contributed by atoms with E-state index in [1.54, 1.807) is 38.3 Å². The number of hydrogen-bond acceptors (Lipinski definition) is 4. The van der Waals surface area contributed by atoms with E-state index in [-0.39, 0.29) is 11.9 Å². The summed E-state index contributed by atoms with van der Waals surface area (Å²) in [6.45, 7) is 5.59. The SMILES string of the molecule is COc1ccc(C)cc1C(C)NC(=O)C(C)Oc1ccc(C#N)cc1. The molecule has 0 saturated carbocycles. The Morgan fingerprint density at radius 2 is 1.84 bits per heavy atom. The van der Waals surface area contributed by atoms with E-state index in [9.17, 15) is 4.79 Å². The lowest BCUT2D eigenvalue weighted by molar-refractivity contribution is -0.127. The molecule has 0 aromatic heterocycles. The smallest absolute Gasteiger partial charge is 0.261 e. The number of amides is 1. The zero-order chi connectivity index (χ0) is 18.4. The van der Waals surface area contributed by atoms with Crippen LogP contribution in [0, 0.1) is 18.3 Å². The number of methoxy groups -OCH3 is 1. The van der Waals surface area contributed by atoms with Gasteiger partial charge in [0, 0.05) is 5.56 Å². The number of nitriles is 1. The summed E-state index contributed by atoms with van der Waals surface area (Å²) in [5.74, 6) is 1.06. The van der Waals surface area contributed by atoms with Crippen LogP contribution in [-0.2, 0) is 4.79 Å². The van der Waals surface area contributed by atoms with Gasteiger partial charge >= 0.3 is 0 Å². The van der Waals surface area contributed by atoms with Crippen LogP contribution in [0.25, 0.3) is 0 Å². The highest BCUT2D eigenvalue weighted by Gasteiger charge is 2.19. The number of carbonyl (C=O) groups excluding carboxylic acids is 1. The highest BCUT2D eigenvalue weighted by molar-refractivity contribution is 5.81. The monoisotopic (exact) mass is 338 g/mol. The zero-order valence-corrected chi connectivity index (χ0v) is 14.9. The minimum atomic E-state index is -0.661. The van der Waals surface area contributed by atoms with Gasteiger partial charge in [0.2, 0.25) is 0 Å². The topological polar surface area (TPSA) is 71.3 Å². The van der Waals surface area contributed by atoms with Crippen molar-refractivity contribution in [1.29, 1.82) is 5.26 Å². The van der Waals surface area contributed by atoms with Crippen molar-refractivity contribution >= 4 is 5.91 Å². The molecule has 2 unspecified atom stereocenters. The van der Waals surface area contributed by atoms with Crippen molar-refractivity contribution in [3.05, 3.63) is 59.2 Å². The third-order valence-electron chi connectivity index (χ3n) is 3.88. The van der Waals surface area contributed by atoms with E-state index in [1.165, 1.54) is 0 Å². The summed E-state index contributed by atoms with van der Waals surface area (Å²) in [6.07, 6.45) is -0.661. The van der Waals surface area contributed by atoms with Crippen LogP contribution in [0.15, 0.2) is 42.5 Å². The van der Waals surface area contributed by atoms with Crippen LogP contribution in [0.5, 0.6) is 11.5 Å². The van der Waals surface area contributed by atoms with E-state index >= 15 is 0 Å². The van der Waals surface area contributed by atoms with Gasteiger partial charge in [-0.2, -0.15) is 5.26 Å². The van der Waals surface area contributed by atoms with Crippen LogP contribution >= 0.6 is 0 Å². The number of carbonyl (C=O) groups is 1. The number of rotatable bonds is 6. The molecule has 0 aliphatic heterocycles. The molecular weight excluding hydrogens is 316 g/mol. The Labute approximate surface area is 148 Å². The number of nitrogens with zero attached hydrogens (tertiary/aromatic N) is 1. The number of aryl methyl sites for hydroxylation is 1. The molecule has 0 saturated heterocycles. The Morgan fingerprint density at radius 1 is 1.16 bits per heavy atom. The lowest BCUT2D eigenvalue weighted by Gasteiger charge is -2.21. The average molecular weight is 338 g/mol. The Balaban J connectivity index is 2.02. The first kappa shape index (κ1) is 18.3. The molecule has 5 nitrogen and oxygen atoms in total. The van der Waals surface area contributed by atoms with Crippen LogP contribution in [0.1, 0.15) is 36.6 Å². The molecule has 0 bridgehead atoms. The average Bonchev–Trinajstić information content (AvgIpc) is 2.62. The Morgan fingerprint density at radius 3 is 2.44 bits per heavy atom. The van der Waals surface area contributed by atoms with E-state index in [0.29, 0.717) is 11.3 Å². The summed E-state index contributed by atoms with van der Waals surface area (Å²) in [7, 11) is 1.61. The summed E-state index contributed by atoms with van der Waals surface area (Å²) in [4.78, 5) is 12.4. The fourth-order valence-electron chi connectivity index (χ4n) is 2.47. The van der Waals surface area contributed by atoms with Crippen LogP contribution < -0.4 is 14.8 Å². The van der Waals surface area contributed by atoms with Gasteiger partial charge in [-0.3, -0.25) is 4.79 Å². The summed E-state index contributed by atoms with van der Waals surface area (Å²) in [5.41, 5.74) is 2.56.